The summed E-state index contributed by atoms with van der Waals surface area (Å²) in [6, 6.07) is 6.09. The second kappa shape index (κ2) is 7.32. The quantitative estimate of drug-likeness (QED) is 0.789. The van der Waals surface area contributed by atoms with E-state index < -0.39 is 23.7 Å². The minimum Gasteiger partial charge on any atom is -0.457 e. The first kappa shape index (κ1) is 19.7. The highest BCUT2D eigenvalue weighted by Crippen LogP contribution is 2.44. The molecular formula is C19H16F3N3O5. The van der Waals surface area contributed by atoms with Crippen molar-refractivity contribution in [2.45, 2.75) is 12.2 Å². The van der Waals surface area contributed by atoms with Gasteiger partial charge in [-0.05, 0) is 24.3 Å². The van der Waals surface area contributed by atoms with Gasteiger partial charge in [0.25, 0.3) is 0 Å². The summed E-state index contributed by atoms with van der Waals surface area (Å²) in [6.07, 6.45) is -4.45. The minimum atomic E-state index is -4.45. The number of likely N-dealkylation sites (N-methyl/N-ethyl adjacent to an activating group) is 1. The zero-order valence-electron chi connectivity index (χ0n) is 15.6. The summed E-state index contributed by atoms with van der Waals surface area (Å²) in [5.41, 5.74) is -0.540. The molecule has 2 N–H and O–H groups in total. The lowest BCUT2D eigenvalue weighted by Gasteiger charge is -2.18. The Hall–Kier alpha value is -3.63. The fourth-order valence-corrected chi connectivity index (χ4v) is 3.06. The number of hydrogen-bond donors (Lipinski definition) is 2. The molecular weight excluding hydrogens is 407 g/mol. The molecule has 2 aliphatic rings. The zero-order chi connectivity index (χ0) is 21.5. The van der Waals surface area contributed by atoms with Crippen molar-refractivity contribution in [1.29, 1.82) is 0 Å². The number of carbonyl (C=O) groups is 2. The zero-order valence-corrected chi connectivity index (χ0v) is 15.6. The minimum absolute atomic E-state index is 0.0642. The van der Waals surface area contributed by atoms with Crippen molar-refractivity contribution in [2.24, 2.45) is 0 Å². The third-order valence-electron chi connectivity index (χ3n) is 4.66. The molecule has 0 spiro atoms. The second-order valence-corrected chi connectivity index (χ2v) is 6.63. The molecule has 0 aliphatic carbocycles. The predicted molar refractivity (Wildman–Crippen MR) is 97.7 cm³/mol. The fraction of sp³-hybridized carbons (Fsp3) is 0.263. The Bertz CT molecular complexity index is 994. The van der Waals surface area contributed by atoms with Gasteiger partial charge in [0.2, 0.25) is 12.7 Å². The molecule has 3 amide bonds. The molecule has 1 saturated heterocycles. The molecule has 30 heavy (non-hydrogen) atoms. The molecule has 0 saturated carbocycles. The van der Waals surface area contributed by atoms with Gasteiger partial charge < -0.3 is 29.7 Å². The molecule has 2 aromatic carbocycles. The molecule has 0 radical (unpaired) electrons. The number of nitrogens with zero attached hydrogens (tertiary/aromatic N) is 1. The van der Waals surface area contributed by atoms with Gasteiger partial charge in [-0.25, -0.2) is 4.79 Å². The van der Waals surface area contributed by atoms with Gasteiger partial charge in [0.05, 0.1) is 11.3 Å². The van der Waals surface area contributed by atoms with Crippen LogP contribution in [0.25, 0.3) is 0 Å². The summed E-state index contributed by atoms with van der Waals surface area (Å²) in [7, 11) is 1.50. The van der Waals surface area contributed by atoms with Crippen LogP contribution in [0.2, 0.25) is 0 Å². The number of carbonyl (C=O) groups excluding carboxylic acids is 2. The van der Waals surface area contributed by atoms with Gasteiger partial charge in [0, 0.05) is 25.7 Å². The predicted octanol–water partition coefficient (Wildman–Crippen LogP) is 3.19. The summed E-state index contributed by atoms with van der Waals surface area (Å²) in [4.78, 5) is 25.4. The summed E-state index contributed by atoms with van der Waals surface area (Å²) in [6.45, 7) is 0.0910. The van der Waals surface area contributed by atoms with Gasteiger partial charge in [-0.3, -0.25) is 4.79 Å². The molecule has 11 heteroatoms. The Morgan fingerprint density at radius 2 is 1.93 bits per heavy atom. The van der Waals surface area contributed by atoms with E-state index in [1.165, 1.54) is 36.2 Å². The van der Waals surface area contributed by atoms with Crippen molar-refractivity contribution in [3.8, 4) is 23.0 Å². The highest BCUT2D eigenvalue weighted by Gasteiger charge is 2.34. The maximum atomic E-state index is 12.7. The van der Waals surface area contributed by atoms with Crippen LogP contribution in [0, 0.1) is 0 Å². The molecule has 158 valence electrons. The van der Waals surface area contributed by atoms with Crippen molar-refractivity contribution >= 4 is 17.6 Å². The lowest BCUT2D eigenvalue weighted by atomic mass is 10.2. The molecule has 2 heterocycles. The molecule has 0 bridgehead atoms. The molecule has 8 nitrogen and oxygen atoms in total. The standard InChI is InChI=1S/C19H16F3N3O5/c1-25-14(8-23-18(25)27)17(26)24-13-6-12(7-15-16(13)29-9-28-15)30-11-4-2-10(3-5-11)19(20,21)22/h2-7,14H,8-9H2,1H3,(H,23,27)(H,24,26). The summed E-state index contributed by atoms with van der Waals surface area (Å²) in [5, 5.41) is 5.25. The number of amides is 3. The largest absolute Gasteiger partial charge is 0.457 e. The number of halogens is 3. The third kappa shape index (κ3) is 3.78. The molecule has 1 fully saturated rings. The van der Waals surface area contributed by atoms with Crippen LogP contribution in [0.4, 0.5) is 23.7 Å². The van der Waals surface area contributed by atoms with Gasteiger partial charge in [0.15, 0.2) is 11.5 Å². The summed E-state index contributed by atoms with van der Waals surface area (Å²) < 4.78 is 54.5. The Kier molecular flexibility index (Phi) is 4.80. The van der Waals surface area contributed by atoms with E-state index in [1.54, 1.807) is 0 Å². The number of hydrogen-bond acceptors (Lipinski definition) is 5. The second-order valence-electron chi connectivity index (χ2n) is 6.63. The van der Waals surface area contributed by atoms with Crippen LogP contribution in [-0.4, -0.2) is 43.3 Å². The summed E-state index contributed by atoms with van der Waals surface area (Å²) >= 11 is 0. The van der Waals surface area contributed by atoms with Gasteiger partial charge in [-0.1, -0.05) is 0 Å². The fourth-order valence-electron chi connectivity index (χ4n) is 3.06. The van der Waals surface area contributed by atoms with E-state index in [4.69, 9.17) is 14.2 Å². The first-order valence-electron chi connectivity index (χ1n) is 8.82. The average Bonchev–Trinajstić information content (AvgIpc) is 3.28. The number of rotatable bonds is 4. The van der Waals surface area contributed by atoms with E-state index in [0.717, 1.165) is 12.1 Å². The molecule has 1 atom stereocenters. The maximum Gasteiger partial charge on any atom is 0.416 e. The van der Waals surface area contributed by atoms with Crippen LogP contribution in [0.1, 0.15) is 5.56 Å². The van der Waals surface area contributed by atoms with Crippen LogP contribution in [0.15, 0.2) is 36.4 Å². The van der Waals surface area contributed by atoms with Crippen LogP contribution >= 0.6 is 0 Å². The normalized spacial score (nSPS) is 17.7. The Morgan fingerprint density at radius 3 is 2.57 bits per heavy atom. The third-order valence-corrected chi connectivity index (χ3v) is 4.66. The summed E-state index contributed by atoms with van der Waals surface area (Å²) in [5.74, 6) is 0.555. The number of fused-ring (bicyclic) bond motifs is 1. The van der Waals surface area contributed by atoms with E-state index in [-0.39, 0.29) is 36.6 Å². The molecule has 1 unspecified atom stereocenters. The van der Waals surface area contributed by atoms with Crippen LogP contribution in [0.5, 0.6) is 23.0 Å². The average molecular weight is 423 g/mol. The Morgan fingerprint density at radius 1 is 1.20 bits per heavy atom. The SMILES string of the molecule is CN1C(=O)NCC1C(=O)Nc1cc(Oc2ccc(C(F)(F)F)cc2)cc2c1OCO2. The topological polar surface area (TPSA) is 89.1 Å². The smallest absolute Gasteiger partial charge is 0.416 e. The number of ether oxygens (including phenoxy) is 3. The van der Waals surface area contributed by atoms with Gasteiger partial charge in [-0.2, -0.15) is 13.2 Å². The Labute approximate surface area is 168 Å². The van der Waals surface area contributed by atoms with E-state index in [2.05, 4.69) is 10.6 Å². The van der Waals surface area contributed by atoms with Gasteiger partial charge in [0.1, 0.15) is 17.5 Å². The monoisotopic (exact) mass is 423 g/mol. The highest BCUT2D eigenvalue weighted by molar-refractivity contribution is 6.00. The van der Waals surface area contributed by atoms with Crippen molar-refractivity contribution in [2.75, 3.05) is 25.7 Å². The van der Waals surface area contributed by atoms with Gasteiger partial charge >= 0.3 is 12.2 Å². The molecule has 2 aliphatic heterocycles. The number of anilines is 1. The molecule has 4 rings (SSSR count). The van der Waals surface area contributed by atoms with Crippen molar-refractivity contribution in [1.82, 2.24) is 10.2 Å². The molecule has 0 aromatic heterocycles. The number of nitrogens with one attached hydrogen (secondary N) is 2. The maximum absolute atomic E-state index is 12.7. The van der Waals surface area contributed by atoms with Crippen LogP contribution in [-0.2, 0) is 11.0 Å². The van der Waals surface area contributed by atoms with Crippen molar-refractivity contribution in [3.63, 3.8) is 0 Å². The lowest BCUT2D eigenvalue weighted by Crippen LogP contribution is -2.40. The Balaban J connectivity index is 1.56. The van der Waals surface area contributed by atoms with E-state index in [9.17, 15) is 22.8 Å². The van der Waals surface area contributed by atoms with Crippen LogP contribution in [0.3, 0.4) is 0 Å². The highest BCUT2D eigenvalue weighted by atomic mass is 19.4. The van der Waals surface area contributed by atoms with E-state index in [1.807, 2.05) is 0 Å². The number of benzene rings is 2. The lowest BCUT2D eigenvalue weighted by molar-refractivity contribution is -0.137. The first-order valence-corrected chi connectivity index (χ1v) is 8.82. The van der Waals surface area contributed by atoms with Crippen molar-refractivity contribution < 1.29 is 37.0 Å². The van der Waals surface area contributed by atoms with Crippen molar-refractivity contribution in [3.05, 3.63) is 42.0 Å². The van der Waals surface area contributed by atoms with Crippen LogP contribution < -0.4 is 24.8 Å². The number of urea groups is 1. The first-order chi connectivity index (χ1) is 14.2. The molecule has 2 aromatic rings. The van der Waals surface area contributed by atoms with E-state index in [0.29, 0.717) is 11.5 Å². The van der Waals surface area contributed by atoms with E-state index >= 15 is 0 Å². The van der Waals surface area contributed by atoms with Gasteiger partial charge in [-0.15, -0.1) is 0 Å². The number of alkyl halides is 3.